The zero-order valence-corrected chi connectivity index (χ0v) is 17.8. The van der Waals surface area contributed by atoms with Crippen LogP contribution >= 0.6 is 0 Å². The van der Waals surface area contributed by atoms with E-state index >= 15 is 0 Å². The molecule has 1 aromatic heterocycles. The molecule has 2 heterocycles. The molecule has 2 aromatic rings. The number of hydrogen-bond donors (Lipinski definition) is 2. The van der Waals surface area contributed by atoms with Crippen molar-refractivity contribution in [3.05, 3.63) is 58.4 Å². The molecule has 0 spiro atoms. The monoisotopic (exact) mass is 409 g/mol. The predicted octanol–water partition coefficient (Wildman–Crippen LogP) is 3.65. The number of urea groups is 1. The molecule has 0 bridgehead atoms. The number of imide groups is 1. The number of unbranched alkanes of at least 4 members (excludes halogenated alkanes) is 1. The first-order valence-corrected chi connectivity index (χ1v) is 10.2. The van der Waals surface area contributed by atoms with E-state index in [1.165, 1.54) is 6.92 Å². The average Bonchev–Trinajstić information content (AvgIpc) is 3.15. The molecule has 0 saturated carbocycles. The van der Waals surface area contributed by atoms with Gasteiger partial charge in [0, 0.05) is 11.3 Å². The number of amides is 3. The highest BCUT2D eigenvalue weighted by Crippen LogP contribution is 2.34. The van der Waals surface area contributed by atoms with Crippen LogP contribution in [0.3, 0.4) is 0 Å². The molecular weight excluding hydrogens is 382 g/mol. The summed E-state index contributed by atoms with van der Waals surface area (Å²) in [5, 5.41) is 2.85. The van der Waals surface area contributed by atoms with Crippen LogP contribution in [-0.2, 0) is 10.3 Å². The molecule has 7 heteroatoms. The summed E-state index contributed by atoms with van der Waals surface area (Å²) in [6, 6.07) is 8.55. The van der Waals surface area contributed by atoms with Crippen molar-refractivity contribution in [2.45, 2.75) is 52.5 Å². The smallest absolute Gasteiger partial charge is 0.325 e. The maximum atomic E-state index is 13.4. The van der Waals surface area contributed by atoms with Gasteiger partial charge in [0.15, 0.2) is 11.6 Å². The van der Waals surface area contributed by atoms with Crippen LogP contribution in [0.1, 0.15) is 70.8 Å². The van der Waals surface area contributed by atoms with E-state index in [9.17, 15) is 19.2 Å². The number of rotatable bonds is 8. The van der Waals surface area contributed by atoms with Gasteiger partial charge in [0.1, 0.15) is 5.54 Å². The van der Waals surface area contributed by atoms with E-state index in [-0.39, 0.29) is 18.0 Å². The summed E-state index contributed by atoms with van der Waals surface area (Å²) in [6.07, 6.45) is 2.07. The van der Waals surface area contributed by atoms with Gasteiger partial charge in [-0.3, -0.25) is 19.3 Å². The van der Waals surface area contributed by atoms with Gasteiger partial charge >= 0.3 is 6.03 Å². The van der Waals surface area contributed by atoms with Gasteiger partial charge in [-0.2, -0.15) is 0 Å². The number of ketones is 2. The van der Waals surface area contributed by atoms with Crippen LogP contribution < -0.4 is 5.32 Å². The van der Waals surface area contributed by atoms with Crippen molar-refractivity contribution < 1.29 is 19.2 Å². The highest BCUT2D eigenvalue weighted by Gasteiger charge is 2.52. The molecular formula is C23H27N3O4. The van der Waals surface area contributed by atoms with Crippen LogP contribution in [0.15, 0.2) is 30.3 Å². The Labute approximate surface area is 175 Å². The van der Waals surface area contributed by atoms with Gasteiger partial charge in [0.25, 0.3) is 5.91 Å². The molecule has 0 aliphatic carbocycles. The van der Waals surface area contributed by atoms with Gasteiger partial charge in [-0.05, 0) is 38.3 Å². The van der Waals surface area contributed by atoms with Crippen molar-refractivity contribution >= 4 is 23.5 Å². The highest BCUT2D eigenvalue weighted by atomic mass is 16.2. The van der Waals surface area contributed by atoms with E-state index in [1.54, 1.807) is 13.8 Å². The molecule has 30 heavy (non-hydrogen) atoms. The fraction of sp³-hybridized carbons (Fsp3) is 0.391. The highest BCUT2D eigenvalue weighted by molar-refractivity contribution is 6.12. The van der Waals surface area contributed by atoms with Crippen molar-refractivity contribution in [2.24, 2.45) is 0 Å². The number of H-pyrrole nitrogens is 1. The van der Waals surface area contributed by atoms with Crippen LogP contribution in [0.25, 0.3) is 0 Å². The molecule has 1 saturated heterocycles. The van der Waals surface area contributed by atoms with E-state index < -0.39 is 23.3 Å². The maximum absolute atomic E-state index is 13.4. The molecule has 1 aliphatic heterocycles. The number of nitrogens with one attached hydrogen (secondary N) is 2. The SMILES string of the molecule is CCCCC1(c2ccccc2)NC(=O)N(CC(=O)c2[nH]c(C)c(C(C)=O)c2C)C1=O. The largest absolute Gasteiger partial charge is 0.355 e. The summed E-state index contributed by atoms with van der Waals surface area (Å²) in [4.78, 5) is 54.9. The number of hydrogen-bond acceptors (Lipinski definition) is 4. The first-order chi connectivity index (χ1) is 14.2. The van der Waals surface area contributed by atoms with Crippen molar-refractivity contribution in [1.82, 2.24) is 15.2 Å². The Morgan fingerprint density at radius 1 is 1.10 bits per heavy atom. The summed E-state index contributed by atoms with van der Waals surface area (Å²) in [5.74, 6) is -0.975. The molecule has 1 fully saturated rings. The molecule has 1 atom stereocenters. The quantitative estimate of drug-likeness (QED) is 0.513. The van der Waals surface area contributed by atoms with E-state index in [0.717, 1.165) is 17.7 Å². The molecule has 0 radical (unpaired) electrons. The standard InChI is InChI=1S/C23H27N3O4/c1-5-6-12-23(17-10-8-7-9-11-17)21(29)26(22(30)25-23)13-18(28)20-14(2)19(16(4)27)15(3)24-20/h7-11,24H,5-6,12-13H2,1-4H3,(H,25,30). The van der Waals surface area contributed by atoms with Crippen molar-refractivity contribution in [3.8, 4) is 0 Å². The van der Waals surface area contributed by atoms with Crippen LogP contribution in [0.5, 0.6) is 0 Å². The molecule has 1 aliphatic rings. The number of aryl methyl sites for hydroxylation is 1. The van der Waals surface area contributed by atoms with E-state index in [1.807, 2.05) is 37.3 Å². The number of nitrogens with zero attached hydrogens (tertiary/aromatic N) is 1. The van der Waals surface area contributed by atoms with Crippen molar-refractivity contribution in [1.29, 1.82) is 0 Å². The number of benzene rings is 1. The lowest BCUT2D eigenvalue weighted by atomic mass is 9.85. The minimum absolute atomic E-state index is 0.141. The number of carbonyl (C=O) groups is 4. The second-order valence-corrected chi connectivity index (χ2v) is 7.80. The third-order valence-corrected chi connectivity index (χ3v) is 5.72. The Hall–Kier alpha value is -3.22. The lowest BCUT2D eigenvalue weighted by Gasteiger charge is -2.27. The summed E-state index contributed by atoms with van der Waals surface area (Å²) in [5.41, 5.74) is 1.40. The van der Waals surface area contributed by atoms with Gasteiger partial charge in [-0.15, -0.1) is 0 Å². The Balaban J connectivity index is 1.92. The topological polar surface area (TPSA) is 99.3 Å². The van der Waals surface area contributed by atoms with E-state index in [2.05, 4.69) is 10.3 Å². The summed E-state index contributed by atoms with van der Waals surface area (Å²) >= 11 is 0. The van der Waals surface area contributed by atoms with Crippen LogP contribution in [-0.4, -0.2) is 39.9 Å². The molecule has 1 aromatic carbocycles. The van der Waals surface area contributed by atoms with Gasteiger partial charge in [0.2, 0.25) is 0 Å². The molecule has 2 N–H and O–H groups in total. The third-order valence-electron chi connectivity index (χ3n) is 5.72. The third kappa shape index (κ3) is 3.56. The number of carbonyl (C=O) groups excluding carboxylic acids is 4. The summed E-state index contributed by atoms with van der Waals surface area (Å²) in [7, 11) is 0. The summed E-state index contributed by atoms with van der Waals surface area (Å²) < 4.78 is 0. The summed E-state index contributed by atoms with van der Waals surface area (Å²) in [6.45, 7) is 6.48. The minimum atomic E-state index is -1.17. The fourth-order valence-electron chi connectivity index (χ4n) is 4.22. The normalized spacial score (nSPS) is 18.6. The Morgan fingerprint density at radius 3 is 2.33 bits per heavy atom. The molecule has 3 rings (SSSR count). The zero-order valence-electron chi connectivity index (χ0n) is 17.8. The molecule has 1 unspecified atom stereocenters. The van der Waals surface area contributed by atoms with Crippen LogP contribution in [0.2, 0.25) is 0 Å². The van der Waals surface area contributed by atoms with Crippen LogP contribution in [0, 0.1) is 13.8 Å². The Bertz CT molecular complexity index is 1010. The Morgan fingerprint density at radius 2 is 1.77 bits per heavy atom. The second-order valence-electron chi connectivity index (χ2n) is 7.80. The Kier molecular flexibility index (Phi) is 5.92. The van der Waals surface area contributed by atoms with Crippen LogP contribution in [0.4, 0.5) is 4.79 Å². The average molecular weight is 409 g/mol. The second kappa shape index (κ2) is 8.26. The maximum Gasteiger partial charge on any atom is 0.325 e. The van der Waals surface area contributed by atoms with Gasteiger partial charge in [-0.1, -0.05) is 50.1 Å². The van der Waals surface area contributed by atoms with Gasteiger partial charge in [0.05, 0.1) is 12.2 Å². The first-order valence-electron chi connectivity index (χ1n) is 10.2. The van der Waals surface area contributed by atoms with Crippen molar-refractivity contribution in [2.75, 3.05) is 6.54 Å². The lowest BCUT2D eigenvalue weighted by molar-refractivity contribution is -0.131. The number of Topliss-reactive ketones (excluding diaryl/α,β-unsaturated/α-hetero) is 2. The number of aromatic nitrogens is 1. The molecule has 158 valence electrons. The zero-order chi connectivity index (χ0) is 22.1. The molecule has 3 amide bonds. The fourth-order valence-corrected chi connectivity index (χ4v) is 4.22. The van der Waals surface area contributed by atoms with Gasteiger partial charge in [-0.25, -0.2) is 4.79 Å². The predicted molar refractivity (Wildman–Crippen MR) is 112 cm³/mol. The van der Waals surface area contributed by atoms with E-state index in [4.69, 9.17) is 0 Å². The molecule has 7 nitrogen and oxygen atoms in total. The van der Waals surface area contributed by atoms with Crippen molar-refractivity contribution in [3.63, 3.8) is 0 Å². The van der Waals surface area contributed by atoms with Gasteiger partial charge < -0.3 is 10.3 Å². The number of aromatic amines is 1. The first kappa shape index (κ1) is 21.5. The minimum Gasteiger partial charge on any atom is -0.355 e. The lowest BCUT2D eigenvalue weighted by Crippen LogP contribution is -2.44. The van der Waals surface area contributed by atoms with E-state index in [0.29, 0.717) is 28.8 Å².